The number of anilines is 1. The van der Waals surface area contributed by atoms with Crippen molar-refractivity contribution >= 4 is 28.3 Å². The van der Waals surface area contributed by atoms with E-state index in [9.17, 15) is 19.1 Å². The minimum Gasteiger partial charge on any atom is -0.486 e. The van der Waals surface area contributed by atoms with E-state index in [2.05, 4.69) is 10.3 Å². The van der Waals surface area contributed by atoms with Gasteiger partial charge in [-0.1, -0.05) is 18.2 Å². The van der Waals surface area contributed by atoms with Crippen LogP contribution >= 0.6 is 11.3 Å². The molecule has 0 bridgehead atoms. The van der Waals surface area contributed by atoms with E-state index in [1.807, 2.05) is 0 Å². The Hall–Kier alpha value is -3.34. The van der Waals surface area contributed by atoms with Crippen LogP contribution in [0.1, 0.15) is 20.8 Å². The van der Waals surface area contributed by atoms with Crippen LogP contribution in [0.25, 0.3) is 0 Å². The lowest BCUT2D eigenvalue weighted by atomic mass is 10.1. The van der Waals surface area contributed by atoms with Crippen molar-refractivity contribution in [2.45, 2.75) is 18.6 Å². The lowest BCUT2D eigenvalue weighted by Gasteiger charge is -2.17. The fraction of sp³-hybridized carbons (Fsp3) is 0.261. The predicted octanol–water partition coefficient (Wildman–Crippen LogP) is 2.63. The number of hydrogen-bond acceptors (Lipinski definition) is 7. The van der Waals surface area contributed by atoms with Crippen LogP contribution in [-0.2, 0) is 11.2 Å². The maximum atomic E-state index is 13.8. The first-order valence-corrected chi connectivity index (χ1v) is 11.1. The Kier molecular flexibility index (Phi) is 6.97. The Bertz CT molecular complexity index is 1140. The van der Waals surface area contributed by atoms with Crippen LogP contribution < -0.4 is 10.1 Å². The quantitative estimate of drug-likeness (QED) is 0.463. The molecule has 33 heavy (non-hydrogen) atoms. The summed E-state index contributed by atoms with van der Waals surface area (Å²) in [5.41, 5.74) is 0.709. The second-order valence-corrected chi connectivity index (χ2v) is 8.81. The fourth-order valence-corrected chi connectivity index (χ4v) is 4.42. The highest BCUT2D eigenvalue weighted by molar-refractivity contribution is 7.15. The number of aliphatic hydroxyl groups excluding tert-OH is 1. The largest absolute Gasteiger partial charge is 0.486 e. The number of ether oxygens (including phenoxy) is 1. The topological polar surface area (TPSA) is 112 Å². The summed E-state index contributed by atoms with van der Waals surface area (Å²) in [5, 5.41) is 22.4. The summed E-state index contributed by atoms with van der Waals surface area (Å²) in [7, 11) is 0. The number of β-amino-alcohol motifs (C(OH)–C–C–N with tert-alkyl or cyclic N) is 1. The number of carboxylic acids is 1. The highest BCUT2D eigenvalue weighted by Crippen LogP contribution is 2.23. The summed E-state index contributed by atoms with van der Waals surface area (Å²) >= 11 is 1.28. The molecule has 1 aromatic heterocycles. The Balaban J connectivity index is 1.27. The van der Waals surface area contributed by atoms with Crippen LogP contribution in [0.4, 0.5) is 9.52 Å². The molecule has 0 saturated carbocycles. The van der Waals surface area contributed by atoms with Gasteiger partial charge in [0.15, 0.2) is 5.13 Å². The number of likely N-dealkylation sites (tertiary alicyclic amines) is 1. The molecule has 3 aromatic rings. The third-order valence-corrected chi connectivity index (χ3v) is 6.10. The van der Waals surface area contributed by atoms with Gasteiger partial charge in [-0.3, -0.25) is 9.69 Å². The third-order valence-electron chi connectivity index (χ3n) is 5.19. The molecular weight excluding hydrogens is 449 g/mol. The van der Waals surface area contributed by atoms with E-state index < -0.39 is 18.2 Å². The molecule has 2 heterocycles. The second kappa shape index (κ2) is 10.1. The highest BCUT2D eigenvalue weighted by Gasteiger charge is 2.34. The molecule has 0 radical (unpaired) electrons. The van der Waals surface area contributed by atoms with Gasteiger partial charge in [-0.2, -0.15) is 0 Å². The molecule has 2 atom stereocenters. The minimum absolute atomic E-state index is 0.0527. The predicted molar refractivity (Wildman–Crippen MR) is 120 cm³/mol. The molecular formula is C23H22FN3O5S. The van der Waals surface area contributed by atoms with E-state index in [1.165, 1.54) is 41.7 Å². The zero-order valence-corrected chi connectivity index (χ0v) is 18.3. The highest BCUT2D eigenvalue weighted by atomic mass is 32.1. The lowest BCUT2D eigenvalue weighted by Crippen LogP contribution is -2.33. The Morgan fingerprint density at radius 3 is 2.67 bits per heavy atom. The van der Waals surface area contributed by atoms with Crippen molar-refractivity contribution in [2.75, 3.05) is 25.0 Å². The number of nitrogens with one attached hydrogen (secondary N) is 1. The van der Waals surface area contributed by atoms with Crippen LogP contribution in [0.3, 0.4) is 0 Å². The van der Waals surface area contributed by atoms with Gasteiger partial charge in [0.25, 0.3) is 0 Å². The van der Waals surface area contributed by atoms with E-state index in [4.69, 9.17) is 9.84 Å². The monoisotopic (exact) mass is 471 g/mol. The Morgan fingerprint density at radius 2 is 1.94 bits per heavy atom. The van der Waals surface area contributed by atoms with Crippen LogP contribution in [0, 0.1) is 5.82 Å². The SMILES string of the molecule is O=C(CN1C[C@@H](O)[C@H](Oc2ccc(C(=O)O)cc2)C1)Nc1ncc(Cc2ccccc2F)s1. The van der Waals surface area contributed by atoms with Gasteiger partial charge in [0.05, 0.1) is 12.1 Å². The number of halogens is 1. The van der Waals surface area contributed by atoms with Crippen LogP contribution in [0.5, 0.6) is 5.75 Å². The Morgan fingerprint density at radius 1 is 1.18 bits per heavy atom. The maximum absolute atomic E-state index is 13.8. The molecule has 0 aliphatic carbocycles. The van der Waals surface area contributed by atoms with Crippen molar-refractivity contribution in [3.63, 3.8) is 0 Å². The number of rotatable bonds is 8. The molecule has 0 unspecified atom stereocenters. The number of benzene rings is 2. The van der Waals surface area contributed by atoms with Crippen molar-refractivity contribution in [2.24, 2.45) is 0 Å². The third kappa shape index (κ3) is 5.92. The number of thiazole rings is 1. The molecule has 10 heteroatoms. The molecule has 8 nitrogen and oxygen atoms in total. The van der Waals surface area contributed by atoms with Crippen molar-refractivity contribution in [1.29, 1.82) is 0 Å². The normalized spacial score (nSPS) is 18.2. The molecule has 1 amide bonds. The lowest BCUT2D eigenvalue weighted by molar-refractivity contribution is -0.117. The summed E-state index contributed by atoms with van der Waals surface area (Å²) in [6.45, 7) is 0.657. The van der Waals surface area contributed by atoms with Crippen molar-refractivity contribution in [3.8, 4) is 5.75 Å². The van der Waals surface area contributed by atoms with Crippen LogP contribution in [0.15, 0.2) is 54.7 Å². The molecule has 1 saturated heterocycles. The van der Waals surface area contributed by atoms with Crippen molar-refractivity contribution in [1.82, 2.24) is 9.88 Å². The average Bonchev–Trinajstić information content (AvgIpc) is 3.35. The standard InChI is InChI=1S/C23H22FN3O5S/c24-18-4-2-1-3-15(18)9-17-10-25-23(33-17)26-21(29)13-27-11-19(28)20(12-27)32-16-7-5-14(6-8-16)22(30)31/h1-8,10,19-20,28H,9,11-13H2,(H,30,31)(H,25,26,29)/t19-,20-/m1/s1. The summed E-state index contributed by atoms with van der Waals surface area (Å²) in [6, 6.07) is 12.5. The number of hydrogen-bond donors (Lipinski definition) is 3. The number of aliphatic hydroxyl groups is 1. The fourth-order valence-electron chi connectivity index (χ4n) is 3.57. The molecule has 4 rings (SSSR count). The van der Waals surface area contributed by atoms with Gasteiger partial charge in [0.1, 0.15) is 23.8 Å². The van der Waals surface area contributed by atoms with Gasteiger partial charge in [-0.25, -0.2) is 14.2 Å². The molecule has 1 fully saturated rings. The van der Waals surface area contributed by atoms with Crippen molar-refractivity contribution in [3.05, 3.63) is 76.5 Å². The molecule has 2 aromatic carbocycles. The number of amides is 1. The zero-order valence-electron chi connectivity index (χ0n) is 17.5. The maximum Gasteiger partial charge on any atom is 0.335 e. The number of aromatic nitrogens is 1. The van der Waals surface area contributed by atoms with Crippen LogP contribution in [-0.4, -0.2) is 63.8 Å². The molecule has 1 aliphatic rings. The number of carbonyl (C=O) groups excluding carboxylic acids is 1. The molecule has 1 aliphatic heterocycles. The van der Waals surface area contributed by atoms with E-state index in [0.29, 0.717) is 29.4 Å². The smallest absolute Gasteiger partial charge is 0.335 e. The second-order valence-electron chi connectivity index (χ2n) is 7.70. The van der Waals surface area contributed by atoms with Gasteiger partial charge < -0.3 is 20.3 Å². The summed E-state index contributed by atoms with van der Waals surface area (Å²) in [6.07, 6.45) is 0.682. The first-order valence-electron chi connectivity index (χ1n) is 10.3. The zero-order chi connectivity index (χ0) is 23.4. The van der Waals surface area contributed by atoms with E-state index in [-0.39, 0.29) is 30.4 Å². The van der Waals surface area contributed by atoms with Crippen LogP contribution in [0.2, 0.25) is 0 Å². The van der Waals surface area contributed by atoms with Gasteiger partial charge in [-0.05, 0) is 35.9 Å². The van der Waals surface area contributed by atoms with Gasteiger partial charge >= 0.3 is 5.97 Å². The van der Waals surface area contributed by atoms with Gasteiger partial charge in [0.2, 0.25) is 5.91 Å². The number of nitrogens with zero attached hydrogens (tertiary/aromatic N) is 2. The first kappa shape index (κ1) is 22.8. The molecule has 0 spiro atoms. The molecule has 172 valence electrons. The van der Waals surface area contributed by atoms with E-state index in [1.54, 1.807) is 29.3 Å². The number of carboxylic acid groups (broad SMARTS) is 1. The van der Waals surface area contributed by atoms with E-state index >= 15 is 0 Å². The number of carbonyl (C=O) groups is 2. The Labute approximate surface area is 193 Å². The van der Waals surface area contributed by atoms with Gasteiger partial charge in [-0.15, -0.1) is 11.3 Å². The number of aromatic carboxylic acids is 1. The summed E-state index contributed by atoms with van der Waals surface area (Å²) < 4.78 is 19.6. The summed E-state index contributed by atoms with van der Waals surface area (Å²) in [5.74, 6) is -1.14. The van der Waals surface area contributed by atoms with Gasteiger partial charge in [0, 0.05) is 30.6 Å². The minimum atomic E-state index is -1.03. The van der Waals surface area contributed by atoms with Crippen molar-refractivity contribution < 1.29 is 28.9 Å². The molecule has 3 N–H and O–H groups in total. The van der Waals surface area contributed by atoms with E-state index in [0.717, 1.165) is 4.88 Å². The summed E-state index contributed by atoms with van der Waals surface area (Å²) in [4.78, 5) is 30.2. The first-order chi connectivity index (χ1) is 15.9. The average molecular weight is 472 g/mol.